The predicted octanol–water partition coefficient (Wildman–Crippen LogP) is -0.522. The molecule has 110 valence electrons. The van der Waals surface area contributed by atoms with E-state index in [9.17, 15) is 13.2 Å². The quantitative estimate of drug-likeness (QED) is 0.759. The fourth-order valence-electron chi connectivity index (χ4n) is 2.86. The van der Waals surface area contributed by atoms with Gasteiger partial charge in [0.1, 0.15) is 0 Å². The van der Waals surface area contributed by atoms with E-state index < -0.39 is 10.0 Å². The van der Waals surface area contributed by atoms with E-state index in [0.717, 1.165) is 25.9 Å². The molecule has 6 nitrogen and oxygen atoms in total. The first kappa shape index (κ1) is 14.7. The molecule has 0 bridgehead atoms. The van der Waals surface area contributed by atoms with Crippen molar-refractivity contribution >= 4 is 15.9 Å². The first-order chi connectivity index (χ1) is 8.88. The molecule has 2 heterocycles. The summed E-state index contributed by atoms with van der Waals surface area (Å²) in [4.78, 5) is 13.9. The van der Waals surface area contributed by atoms with Gasteiger partial charge in [0.2, 0.25) is 15.9 Å². The Morgan fingerprint density at radius 1 is 1.37 bits per heavy atom. The smallest absolute Gasteiger partial charge is 0.239 e. The molecule has 0 aliphatic carbocycles. The summed E-state index contributed by atoms with van der Waals surface area (Å²) >= 11 is 0. The van der Waals surface area contributed by atoms with E-state index in [1.165, 1.54) is 10.6 Å². The van der Waals surface area contributed by atoms with Crippen LogP contribution in [0.4, 0.5) is 0 Å². The number of amides is 1. The van der Waals surface area contributed by atoms with Gasteiger partial charge in [-0.05, 0) is 25.7 Å². The number of sulfonamides is 1. The van der Waals surface area contributed by atoms with Crippen LogP contribution in [-0.2, 0) is 14.8 Å². The molecule has 0 saturated carbocycles. The van der Waals surface area contributed by atoms with Crippen molar-refractivity contribution in [3.8, 4) is 0 Å². The van der Waals surface area contributed by atoms with Crippen LogP contribution in [0.3, 0.4) is 0 Å². The van der Waals surface area contributed by atoms with Gasteiger partial charge in [-0.1, -0.05) is 0 Å². The highest BCUT2D eigenvalue weighted by Crippen LogP contribution is 2.20. The van der Waals surface area contributed by atoms with Crippen molar-refractivity contribution in [2.24, 2.45) is 5.92 Å². The molecule has 2 aliphatic heterocycles. The predicted molar refractivity (Wildman–Crippen MR) is 73.2 cm³/mol. The molecule has 2 fully saturated rings. The summed E-state index contributed by atoms with van der Waals surface area (Å²) in [5, 5.41) is 3.13. The Bertz CT molecular complexity index is 438. The zero-order valence-electron chi connectivity index (χ0n) is 11.6. The molecule has 1 N–H and O–H groups in total. The van der Waals surface area contributed by atoms with Crippen molar-refractivity contribution < 1.29 is 13.2 Å². The Labute approximate surface area is 115 Å². The molecule has 2 rings (SSSR count). The average Bonchev–Trinajstić information content (AvgIpc) is 2.34. The van der Waals surface area contributed by atoms with Crippen LogP contribution in [-0.4, -0.2) is 68.6 Å². The molecular formula is C12H23N3O3S. The minimum Gasteiger partial charge on any atom is -0.340 e. The Balaban J connectivity index is 1.94. The molecule has 2 unspecified atom stereocenters. The summed E-state index contributed by atoms with van der Waals surface area (Å²) < 4.78 is 24.7. The van der Waals surface area contributed by atoms with Crippen molar-refractivity contribution in [1.29, 1.82) is 0 Å². The molecule has 0 aromatic rings. The van der Waals surface area contributed by atoms with Crippen LogP contribution in [0.2, 0.25) is 0 Å². The van der Waals surface area contributed by atoms with Gasteiger partial charge in [-0.15, -0.1) is 0 Å². The van der Waals surface area contributed by atoms with E-state index in [1.807, 2.05) is 11.8 Å². The van der Waals surface area contributed by atoms with Crippen LogP contribution in [0.1, 0.15) is 19.8 Å². The molecule has 0 radical (unpaired) electrons. The van der Waals surface area contributed by atoms with Crippen LogP contribution >= 0.6 is 0 Å². The third-order valence-electron chi connectivity index (χ3n) is 3.94. The maximum absolute atomic E-state index is 12.0. The number of rotatable bonds is 3. The molecule has 2 saturated heterocycles. The highest BCUT2D eigenvalue weighted by atomic mass is 32.2. The van der Waals surface area contributed by atoms with Gasteiger partial charge in [0, 0.05) is 32.7 Å². The number of nitrogens with one attached hydrogen (secondary N) is 1. The number of piperazine rings is 1. The number of carbonyl (C=O) groups is 1. The van der Waals surface area contributed by atoms with Gasteiger partial charge < -0.3 is 10.2 Å². The zero-order chi connectivity index (χ0) is 14.0. The molecule has 0 aromatic carbocycles. The SMILES string of the molecule is CC1NCCN(CC2CCCN(S(C)(=O)=O)C2)C1=O. The largest absolute Gasteiger partial charge is 0.340 e. The van der Waals surface area contributed by atoms with Crippen LogP contribution in [0, 0.1) is 5.92 Å². The summed E-state index contributed by atoms with van der Waals surface area (Å²) in [6.07, 6.45) is 3.14. The Morgan fingerprint density at radius 3 is 2.79 bits per heavy atom. The van der Waals surface area contributed by atoms with Gasteiger partial charge in [0.15, 0.2) is 0 Å². The highest BCUT2D eigenvalue weighted by Gasteiger charge is 2.30. The Morgan fingerprint density at radius 2 is 2.11 bits per heavy atom. The molecule has 0 aromatic heterocycles. The topological polar surface area (TPSA) is 69.7 Å². The van der Waals surface area contributed by atoms with E-state index in [1.54, 1.807) is 0 Å². The maximum atomic E-state index is 12.0. The lowest BCUT2D eigenvalue weighted by Gasteiger charge is -2.37. The van der Waals surface area contributed by atoms with Crippen molar-refractivity contribution in [2.75, 3.05) is 39.0 Å². The molecule has 7 heteroatoms. The second kappa shape index (κ2) is 5.76. The Kier molecular flexibility index (Phi) is 4.47. The van der Waals surface area contributed by atoms with Crippen LogP contribution in [0.15, 0.2) is 0 Å². The molecule has 0 spiro atoms. The van der Waals surface area contributed by atoms with Gasteiger partial charge in [0.25, 0.3) is 0 Å². The fourth-order valence-corrected chi connectivity index (χ4v) is 3.80. The molecular weight excluding hydrogens is 266 g/mol. The van der Waals surface area contributed by atoms with Crippen molar-refractivity contribution in [3.63, 3.8) is 0 Å². The first-order valence-electron chi connectivity index (χ1n) is 6.85. The van der Waals surface area contributed by atoms with E-state index in [2.05, 4.69) is 5.32 Å². The van der Waals surface area contributed by atoms with Crippen molar-refractivity contribution in [2.45, 2.75) is 25.8 Å². The van der Waals surface area contributed by atoms with Gasteiger partial charge >= 0.3 is 0 Å². The minimum atomic E-state index is -3.11. The number of hydrogen-bond acceptors (Lipinski definition) is 4. The number of carbonyl (C=O) groups excluding carboxylic acids is 1. The van der Waals surface area contributed by atoms with Crippen LogP contribution < -0.4 is 5.32 Å². The van der Waals surface area contributed by atoms with Gasteiger partial charge in [-0.25, -0.2) is 12.7 Å². The third-order valence-corrected chi connectivity index (χ3v) is 5.21. The monoisotopic (exact) mass is 289 g/mol. The van der Waals surface area contributed by atoms with E-state index >= 15 is 0 Å². The molecule has 19 heavy (non-hydrogen) atoms. The summed E-state index contributed by atoms with van der Waals surface area (Å²) in [5.74, 6) is 0.389. The molecule has 2 atom stereocenters. The van der Waals surface area contributed by atoms with Crippen LogP contribution in [0.25, 0.3) is 0 Å². The van der Waals surface area contributed by atoms with Gasteiger partial charge in [-0.3, -0.25) is 4.79 Å². The number of piperidine rings is 1. The standard InChI is InChI=1S/C12H23N3O3S/c1-10-12(16)14(7-5-13-10)8-11-4-3-6-15(9-11)19(2,17)18/h10-11,13H,3-9H2,1-2H3. The van der Waals surface area contributed by atoms with Crippen molar-refractivity contribution in [3.05, 3.63) is 0 Å². The van der Waals surface area contributed by atoms with Crippen LogP contribution in [0.5, 0.6) is 0 Å². The third kappa shape index (κ3) is 3.67. The lowest BCUT2D eigenvalue weighted by atomic mass is 9.98. The van der Waals surface area contributed by atoms with Crippen molar-refractivity contribution in [1.82, 2.24) is 14.5 Å². The van der Waals surface area contributed by atoms with E-state index in [-0.39, 0.29) is 17.9 Å². The lowest BCUT2D eigenvalue weighted by molar-refractivity contribution is -0.136. The summed E-state index contributed by atoms with van der Waals surface area (Å²) in [6, 6.07) is -0.122. The van der Waals surface area contributed by atoms with E-state index in [0.29, 0.717) is 19.6 Å². The number of hydrogen-bond donors (Lipinski definition) is 1. The second-order valence-corrected chi connectivity index (χ2v) is 7.57. The van der Waals surface area contributed by atoms with Gasteiger partial charge in [-0.2, -0.15) is 0 Å². The first-order valence-corrected chi connectivity index (χ1v) is 8.70. The van der Waals surface area contributed by atoms with E-state index in [4.69, 9.17) is 0 Å². The summed E-state index contributed by atoms with van der Waals surface area (Å²) in [6.45, 7) is 5.24. The second-order valence-electron chi connectivity index (χ2n) is 5.59. The average molecular weight is 289 g/mol. The normalized spacial score (nSPS) is 30.6. The maximum Gasteiger partial charge on any atom is 0.239 e. The summed E-state index contributed by atoms with van der Waals surface area (Å²) in [7, 11) is -3.11. The summed E-state index contributed by atoms with van der Waals surface area (Å²) in [5.41, 5.74) is 0. The van der Waals surface area contributed by atoms with Gasteiger partial charge in [0.05, 0.1) is 12.3 Å². The number of nitrogens with zero attached hydrogens (tertiary/aromatic N) is 2. The lowest BCUT2D eigenvalue weighted by Crippen LogP contribution is -2.55. The Hall–Kier alpha value is -0.660. The molecule has 2 aliphatic rings. The molecule has 1 amide bonds. The fraction of sp³-hybridized carbons (Fsp3) is 0.917. The minimum absolute atomic E-state index is 0.122. The zero-order valence-corrected chi connectivity index (χ0v) is 12.4. The highest BCUT2D eigenvalue weighted by molar-refractivity contribution is 7.88.